The lowest BCUT2D eigenvalue weighted by atomic mass is 10.1. The van der Waals surface area contributed by atoms with Crippen molar-refractivity contribution >= 4 is 18.5 Å². The van der Waals surface area contributed by atoms with Gasteiger partial charge < -0.3 is 19.2 Å². The largest absolute Gasteiger partial charge is 0.492 e. The summed E-state index contributed by atoms with van der Waals surface area (Å²) in [5.41, 5.74) is 4.06. The Morgan fingerprint density at radius 3 is 2.64 bits per heavy atom. The molecule has 202 valence electrons. The number of aromatic amines is 1. The van der Waals surface area contributed by atoms with Crippen LogP contribution in [0.2, 0.25) is 0 Å². The highest BCUT2D eigenvalue weighted by atomic mass is 16.5. The van der Waals surface area contributed by atoms with Gasteiger partial charge in [-0.25, -0.2) is 0 Å². The zero-order valence-corrected chi connectivity index (χ0v) is 22.6. The first-order chi connectivity index (χ1) is 19.1. The normalized spacial score (nSPS) is 17.3. The molecule has 39 heavy (non-hydrogen) atoms. The van der Waals surface area contributed by atoms with E-state index in [0.29, 0.717) is 31.1 Å². The topological polar surface area (TPSA) is 82.9 Å². The first kappa shape index (κ1) is 26.7. The van der Waals surface area contributed by atoms with Crippen molar-refractivity contribution in [3.05, 3.63) is 70.2 Å². The van der Waals surface area contributed by atoms with Gasteiger partial charge in [0, 0.05) is 47.4 Å². The maximum atomic E-state index is 9.86. The van der Waals surface area contributed by atoms with Crippen molar-refractivity contribution in [2.45, 2.75) is 38.7 Å². The summed E-state index contributed by atoms with van der Waals surface area (Å²) < 4.78 is 17.5. The average molecular weight is 525 g/mol. The van der Waals surface area contributed by atoms with E-state index in [-0.39, 0.29) is 6.10 Å². The van der Waals surface area contributed by atoms with Crippen LogP contribution in [0.1, 0.15) is 43.7 Å². The second kappa shape index (κ2) is 12.8. The summed E-state index contributed by atoms with van der Waals surface area (Å²) in [5.74, 6) is 1.47. The number of nitrogens with zero attached hydrogens (tertiary/aromatic N) is 3. The fraction of sp³-hybridized carbons (Fsp3) is 0.375. The average Bonchev–Trinajstić information content (AvgIpc) is 3.63. The van der Waals surface area contributed by atoms with E-state index >= 15 is 0 Å². The first-order valence-electron chi connectivity index (χ1n) is 13.8. The fourth-order valence-corrected chi connectivity index (χ4v) is 5.16. The van der Waals surface area contributed by atoms with Crippen LogP contribution in [-0.2, 0) is 4.74 Å². The minimum absolute atomic E-state index is 0.0642. The van der Waals surface area contributed by atoms with Crippen molar-refractivity contribution in [3.8, 4) is 28.8 Å². The summed E-state index contributed by atoms with van der Waals surface area (Å²) in [6.45, 7) is 11.5. The van der Waals surface area contributed by atoms with Crippen molar-refractivity contribution in [2.75, 3.05) is 39.5 Å². The first-order valence-corrected chi connectivity index (χ1v) is 13.8. The molecular formula is C32H36N4O3. The molecule has 0 radical (unpaired) electrons. The van der Waals surface area contributed by atoms with Gasteiger partial charge in [-0.2, -0.15) is 5.26 Å². The van der Waals surface area contributed by atoms with E-state index in [1.807, 2.05) is 37.3 Å². The minimum Gasteiger partial charge on any atom is -0.492 e. The molecule has 0 aliphatic carbocycles. The van der Waals surface area contributed by atoms with E-state index in [0.717, 1.165) is 58.2 Å². The molecule has 3 heterocycles. The molecule has 0 amide bonds. The molecule has 2 aliphatic heterocycles. The quantitative estimate of drug-likeness (QED) is 0.424. The van der Waals surface area contributed by atoms with Crippen LogP contribution in [0.4, 0.5) is 0 Å². The monoisotopic (exact) mass is 524 g/mol. The van der Waals surface area contributed by atoms with Crippen LogP contribution in [0, 0.1) is 11.3 Å². The maximum Gasteiger partial charge on any atom is 0.137 e. The van der Waals surface area contributed by atoms with Gasteiger partial charge >= 0.3 is 0 Å². The SMILES string of the molecule is C=c1[nH]c(-c2ccc(OCCN3CCCC3)cc2)c/c1=C(/N=CC)c1ccc(OC2CCOCC2)c(C#N)c1. The highest BCUT2D eigenvalue weighted by Crippen LogP contribution is 2.26. The third-order valence-electron chi connectivity index (χ3n) is 7.29. The molecule has 2 fully saturated rings. The Kier molecular flexibility index (Phi) is 8.77. The molecule has 3 aromatic rings. The van der Waals surface area contributed by atoms with Crippen molar-refractivity contribution in [3.63, 3.8) is 0 Å². The Labute approximate surface area is 230 Å². The number of nitrogens with one attached hydrogen (secondary N) is 1. The standard InChI is InChI=1S/C32H36N4O3/c1-3-34-32(25-8-11-31(26(20-25)22-33)39-28-12-17-37-18-13-28)29-21-30(35-23(29)2)24-6-9-27(10-7-24)38-19-16-36-14-4-5-15-36/h3,6-11,20-21,28,35H,2,4-5,12-19H2,1H3/b32-29-,34-3?. The smallest absolute Gasteiger partial charge is 0.137 e. The van der Waals surface area contributed by atoms with Gasteiger partial charge in [-0.1, -0.05) is 6.58 Å². The number of rotatable bonds is 9. The fourth-order valence-electron chi connectivity index (χ4n) is 5.16. The van der Waals surface area contributed by atoms with E-state index < -0.39 is 0 Å². The summed E-state index contributed by atoms with van der Waals surface area (Å²) in [6.07, 6.45) is 6.06. The molecule has 2 aliphatic rings. The Morgan fingerprint density at radius 2 is 1.92 bits per heavy atom. The number of aromatic nitrogens is 1. The van der Waals surface area contributed by atoms with Crippen LogP contribution in [0.5, 0.6) is 11.5 Å². The van der Waals surface area contributed by atoms with Gasteiger partial charge in [-0.3, -0.25) is 9.89 Å². The number of nitriles is 1. The minimum atomic E-state index is 0.0642. The van der Waals surface area contributed by atoms with Crippen LogP contribution in [-0.4, -0.2) is 61.7 Å². The zero-order chi connectivity index (χ0) is 27.0. The predicted molar refractivity (Wildman–Crippen MR) is 154 cm³/mol. The maximum absolute atomic E-state index is 9.86. The van der Waals surface area contributed by atoms with Crippen molar-refractivity contribution in [1.82, 2.24) is 9.88 Å². The van der Waals surface area contributed by atoms with Gasteiger partial charge in [-0.05, 0) is 86.9 Å². The molecule has 5 rings (SSSR count). The number of ether oxygens (including phenoxy) is 3. The lowest BCUT2D eigenvalue weighted by molar-refractivity contribution is 0.0254. The number of H-pyrrole nitrogens is 1. The number of benzene rings is 2. The molecule has 7 heteroatoms. The van der Waals surface area contributed by atoms with Crippen LogP contribution >= 0.6 is 0 Å². The third-order valence-corrected chi connectivity index (χ3v) is 7.29. The van der Waals surface area contributed by atoms with Gasteiger partial charge in [0.1, 0.15) is 30.3 Å². The van der Waals surface area contributed by atoms with Gasteiger partial charge in [0.25, 0.3) is 0 Å². The summed E-state index contributed by atoms with van der Waals surface area (Å²) >= 11 is 0. The van der Waals surface area contributed by atoms with Crippen molar-refractivity contribution in [1.29, 1.82) is 5.26 Å². The summed E-state index contributed by atoms with van der Waals surface area (Å²) in [6, 6.07) is 18.2. The Balaban J connectivity index is 1.37. The Hall–Kier alpha value is -3.86. The number of hydrogen-bond acceptors (Lipinski definition) is 6. The predicted octanol–water partition coefficient (Wildman–Crippen LogP) is 4.24. The van der Waals surface area contributed by atoms with E-state index in [1.54, 1.807) is 6.21 Å². The van der Waals surface area contributed by atoms with E-state index in [4.69, 9.17) is 14.2 Å². The van der Waals surface area contributed by atoms with Crippen LogP contribution < -0.4 is 20.0 Å². The molecule has 0 spiro atoms. The Morgan fingerprint density at radius 1 is 1.15 bits per heavy atom. The second-order valence-electron chi connectivity index (χ2n) is 9.99. The lowest BCUT2D eigenvalue weighted by Gasteiger charge is -2.23. The summed E-state index contributed by atoms with van der Waals surface area (Å²) in [7, 11) is 0. The Bertz CT molecular complexity index is 1440. The lowest BCUT2D eigenvalue weighted by Crippen LogP contribution is -2.26. The van der Waals surface area contributed by atoms with Crippen LogP contribution in [0.15, 0.2) is 53.5 Å². The van der Waals surface area contributed by atoms with Gasteiger partial charge in [-0.15, -0.1) is 0 Å². The van der Waals surface area contributed by atoms with Crippen molar-refractivity contribution < 1.29 is 14.2 Å². The summed E-state index contributed by atoms with van der Waals surface area (Å²) in [4.78, 5) is 10.5. The highest BCUT2D eigenvalue weighted by Gasteiger charge is 2.18. The molecule has 1 aromatic heterocycles. The van der Waals surface area contributed by atoms with E-state index in [2.05, 4.69) is 45.7 Å². The van der Waals surface area contributed by atoms with Crippen LogP contribution in [0.25, 0.3) is 23.5 Å². The molecule has 0 atom stereocenters. The zero-order valence-electron chi connectivity index (χ0n) is 22.6. The molecule has 2 saturated heterocycles. The molecule has 2 aromatic carbocycles. The van der Waals surface area contributed by atoms with Crippen LogP contribution in [0.3, 0.4) is 0 Å². The van der Waals surface area contributed by atoms with E-state index in [1.165, 1.54) is 25.9 Å². The number of hydrogen-bond donors (Lipinski definition) is 1. The number of likely N-dealkylation sites (tertiary alicyclic amines) is 1. The van der Waals surface area contributed by atoms with Gasteiger partial charge in [0.05, 0.1) is 24.5 Å². The molecule has 1 N–H and O–H groups in total. The van der Waals surface area contributed by atoms with Gasteiger partial charge in [0.2, 0.25) is 0 Å². The van der Waals surface area contributed by atoms with Gasteiger partial charge in [0.15, 0.2) is 0 Å². The highest BCUT2D eigenvalue weighted by molar-refractivity contribution is 5.75. The third kappa shape index (κ3) is 6.59. The molecule has 0 saturated carbocycles. The van der Waals surface area contributed by atoms with E-state index in [9.17, 15) is 5.26 Å². The van der Waals surface area contributed by atoms with Crippen molar-refractivity contribution in [2.24, 2.45) is 4.99 Å². The molecule has 0 bridgehead atoms. The summed E-state index contributed by atoms with van der Waals surface area (Å²) in [5, 5.41) is 11.5. The molecule has 7 nitrogen and oxygen atoms in total. The molecular weight excluding hydrogens is 488 g/mol. The number of aliphatic imine (C=N–C) groups is 1. The second-order valence-corrected chi connectivity index (χ2v) is 9.99. The molecule has 0 unspecified atom stereocenters.